The Kier molecular flexibility index (Phi) is 8.38. The van der Waals surface area contributed by atoms with Crippen LogP contribution in [0.25, 0.3) is 0 Å². The third kappa shape index (κ3) is 6.35. The molecule has 2 heterocycles. The van der Waals surface area contributed by atoms with Crippen molar-refractivity contribution in [3.63, 3.8) is 0 Å². The maximum atomic E-state index is 5.31. The summed E-state index contributed by atoms with van der Waals surface area (Å²) >= 11 is 0. The number of aromatic nitrogens is 1. The molecule has 6 nitrogen and oxygen atoms in total. The van der Waals surface area contributed by atoms with Gasteiger partial charge in [-0.1, -0.05) is 18.9 Å². The number of hydrogen-bond donors (Lipinski definition) is 2. The molecule has 0 aromatic carbocycles. The molecule has 0 atom stereocenters. The molecule has 0 amide bonds. The molecular formula is C18H31N5O. The minimum atomic E-state index is 0.684. The molecule has 1 aromatic rings. The van der Waals surface area contributed by atoms with Crippen LogP contribution in [0.3, 0.4) is 0 Å². The summed E-state index contributed by atoms with van der Waals surface area (Å²) in [6, 6.07) is 4.28. The van der Waals surface area contributed by atoms with Gasteiger partial charge in [0.25, 0.3) is 0 Å². The van der Waals surface area contributed by atoms with Crippen molar-refractivity contribution in [2.24, 2.45) is 4.99 Å². The molecule has 0 bridgehead atoms. The van der Waals surface area contributed by atoms with E-state index in [1.807, 2.05) is 13.1 Å². The standard InChI is InChI=1S/C18H31N5O/c1-3-24-13-10-20-18(19-2)22-15-16-8-9-17(21-14-16)23-11-6-4-5-7-12-23/h8-9,14H,3-7,10-13,15H2,1-2H3,(H2,19,20,22). The van der Waals surface area contributed by atoms with Gasteiger partial charge >= 0.3 is 0 Å². The maximum Gasteiger partial charge on any atom is 0.191 e. The molecule has 0 saturated carbocycles. The second-order valence-electron chi connectivity index (χ2n) is 5.98. The lowest BCUT2D eigenvalue weighted by atomic mass is 10.2. The van der Waals surface area contributed by atoms with Crippen LogP contribution in [-0.2, 0) is 11.3 Å². The van der Waals surface area contributed by atoms with Crippen molar-refractivity contribution in [3.8, 4) is 0 Å². The van der Waals surface area contributed by atoms with Crippen LogP contribution in [0, 0.1) is 0 Å². The van der Waals surface area contributed by atoms with Gasteiger partial charge < -0.3 is 20.3 Å². The van der Waals surface area contributed by atoms with Gasteiger partial charge in [-0.15, -0.1) is 0 Å². The average Bonchev–Trinajstić information content (AvgIpc) is 2.91. The first-order valence-corrected chi connectivity index (χ1v) is 9.05. The molecule has 134 valence electrons. The SMILES string of the molecule is CCOCCNC(=NC)NCc1ccc(N2CCCCCC2)nc1. The van der Waals surface area contributed by atoms with E-state index in [0.717, 1.165) is 43.6 Å². The molecular weight excluding hydrogens is 302 g/mol. The number of nitrogens with zero attached hydrogens (tertiary/aromatic N) is 3. The molecule has 0 radical (unpaired) electrons. The Morgan fingerprint density at radius 3 is 2.62 bits per heavy atom. The lowest BCUT2D eigenvalue weighted by Crippen LogP contribution is -2.38. The summed E-state index contributed by atoms with van der Waals surface area (Å²) in [6.07, 6.45) is 7.19. The predicted molar refractivity (Wildman–Crippen MR) is 99.6 cm³/mol. The van der Waals surface area contributed by atoms with Gasteiger partial charge in [-0.2, -0.15) is 0 Å². The van der Waals surface area contributed by atoms with Crippen LogP contribution >= 0.6 is 0 Å². The summed E-state index contributed by atoms with van der Waals surface area (Å²) in [6.45, 7) is 7.13. The van der Waals surface area contributed by atoms with Gasteiger partial charge in [0.15, 0.2) is 5.96 Å². The summed E-state index contributed by atoms with van der Waals surface area (Å²) in [5, 5.41) is 6.53. The molecule has 6 heteroatoms. The highest BCUT2D eigenvalue weighted by Gasteiger charge is 2.10. The Hall–Kier alpha value is -1.82. The Labute approximate surface area is 145 Å². The molecule has 1 aliphatic rings. The van der Waals surface area contributed by atoms with Crippen LogP contribution in [0.4, 0.5) is 5.82 Å². The summed E-state index contributed by atoms with van der Waals surface area (Å²) in [7, 11) is 1.77. The quantitative estimate of drug-likeness (QED) is 0.455. The van der Waals surface area contributed by atoms with Gasteiger partial charge in [-0.3, -0.25) is 4.99 Å². The Morgan fingerprint density at radius 2 is 2.00 bits per heavy atom. The van der Waals surface area contributed by atoms with E-state index in [1.165, 1.54) is 25.7 Å². The Balaban J connectivity index is 1.78. The molecule has 24 heavy (non-hydrogen) atoms. The third-order valence-corrected chi connectivity index (χ3v) is 4.17. The van der Waals surface area contributed by atoms with Gasteiger partial charge in [0.2, 0.25) is 0 Å². The minimum Gasteiger partial charge on any atom is -0.380 e. The van der Waals surface area contributed by atoms with E-state index in [4.69, 9.17) is 4.74 Å². The van der Waals surface area contributed by atoms with E-state index in [1.54, 1.807) is 7.05 Å². The molecule has 0 aliphatic carbocycles. The van der Waals surface area contributed by atoms with Crippen molar-refractivity contribution < 1.29 is 4.74 Å². The maximum absolute atomic E-state index is 5.31. The van der Waals surface area contributed by atoms with E-state index in [0.29, 0.717) is 13.2 Å². The number of aliphatic imine (C=N–C) groups is 1. The van der Waals surface area contributed by atoms with E-state index >= 15 is 0 Å². The normalized spacial score (nSPS) is 15.9. The zero-order chi connectivity index (χ0) is 17.0. The minimum absolute atomic E-state index is 0.684. The van der Waals surface area contributed by atoms with Crippen LogP contribution in [0.15, 0.2) is 23.3 Å². The predicted octanol–water partition coefficient (Wildman–Crippen LogP) is 2.16. The molecule has 1 aliphatic heterocycles. The smallest absolute Gasteiger partial charge is 0.191 e. The van der Waals surface area contributed by atoms with Crippen LogP contribution in [-0.4, -0.2) is 50.8 Å². The summed E-state index contributed by atoms with van der Waals surface area (Å²) in [5.41, 5.74) is 1.15. The lowest BCUT2D eigenvalue weighted by molar-refractivity contribution is 0.152. The first-order valence-electron chi connectivity index (χ1n) is 9.05. The fourth-order valence-electron chi connectivity index (χ4n) is 2.80. The number of pyridine rings is 1. The van der Waals surface area contributed by atoms with Crippen LogP contribution < -0.4 is 15.5 Å². The van der Waals surface area contributed by atoms with Crippen LogP contribution in [0.2, 0.25) is 0 Å². The number of ether oxygens (including phenoxy) is 1. The monoisotopic (exact) mass is 333 g/mol. The van der Waals surface area contributed by atoms with Crippen LogP contribution in [0.1, 0.15) is 38.2 Å². The largest absolute Gasteiger partial charge is 0.380 e. The summed E-state index contributed by atoms with van der Waals surface area (Å²) < 4.78 is 5.31. The molecule has 2 rings (SSSR count). The summed E-state index contributed by atoms with van der Waals surface area (Å²) in [5.74, 6) is 1.88. The molecule has 1 saturated heterocycles. The van der Waals surface area contributed by atoms with Gasteiger partial charge in [0.1, 0.15) is 5.82 Å². The van der Waals surface area contributed by atoms with Crippen molar-refractivity contribution >= 4 is 11.8 Å². The zero-order valence-electron chi connectivity index (χ0n) is 15.1. The molecule has 1 fully saturated rings. The van der Waals surface area contributed by atoms with Crippen molar-refractivity contribution in [2.45, 2.75) is 39.2 Å². The van der Waals surface area contributed by atoms with Gasteiger partial charge in [-0.05, 0) is 31.4 Å². The zero-order valence-corrected chi connectivity index (χ0v) is 15.1. The molecule has 2 N–H and O–H groups in total. The van der Waals surface area contributed by atoms with E-state index in [9.17, 15) is 0 Å². The first kappa shape index (κ1) is 18.5. The lowest BCUT2D eigenvalue weighted by Gasteiger charge is -2.21. The molecule has 0 spiro atoms. The van der Waals surface area contributed by atoms with Crippen molar-refractivity contribution in [1.82, 2.24) is 15.6 Å². The number of nitrogens with one attached hydrogen (secondary N) is 2. The average molecular weight is 333 g/mol. The van der Waals surface area contributed by atoms with Crippen molar-refractivity contribution in [1.29, 1.82) is 0 Å². The van der Waals surface area contributed by atoms with Gasteiger partial charge in [0.05, 0.1) is 6.61 Å². The van der Waals surface area contributed by atoms with E-state index < -0.39 is 0 Å². The van der Waals surface area contributed by atoms with Crippen molar-refractivity contribution in [2.75, 3.05) is 44.8 Å². The number of anilines is 1. The van der Waals surface area contributed by atoms with Crippen molar-refractivity contribution in [3.05, 3.63) is 23.9 Å². The topological polar surface area (TPSA) is 61.8 Å². The third-order valence-electron chi connectivity index (χ3n) is 4.17. The van der Waals surface area contributed by atoms with Gasteiger partial charge in [-0.25, -0.2) is 4.98 Å². The molecule has 1 aromatic heterocycles. The Morgan fingerprint density at radius 1 is 1.21 bits per heavy atom. The number of hydrogen-bond acceptors (Lipinski definition) is 4. The summed E-state index contributed by atoms with van der Waals surface area (Å²) in [4.78, 5) is 11.3. The Bertz CT molecular complexity index is 481. The molecule has 0 unspecified atom stereocenters. The number of rotatable bonds is 7. The fourth-order valence-corrected chi connectivity index (χ4v) is 2.80. The number of guanidine groups is 1. The highest BCUT2D eigenvalue weighted by Crippen LogP contribution is 2.17. The van der Waals surface area contributed by atoms with Gasteiger partial charge in [0, 0.05) is 46.0 Å². The first-order chi connectivity index (χ1) is 11.8. The highest BCUT2D eigenvalue weighted by atomic mass is 16.5. The van der Waals surface area contributed by atoms with E-state index in [-0.39, 0.29) is 0 Å². The van der Waals surface area contributed by atoms with Crippen LogP contribution in [0.5, 0.6) is 0 Å². The second-order valence-corrected chi connectivity index (χ2v) is 5.98. The highest BCUT2D eigenvalue weighted by molar-refractivity contribution is 5.79. The second kappa shape index (κ2) is 10.9. The fraction of sp³-hybridized carbons (Fsp3) is 0.667. The van der Waals surface area contributed by atoms with E-state index in [2.05, 4.69) is 37.6 Å².